The third kappa shape index (κ3) is 5.14. The van der Waals surface area contributed by atoms with Gasteiger partial charge in [0, 0.05) is 18.6 Å². The van der Waals surface area contributed by atoms with E-state index in [0.29, 0.717) is 18.0 Å². The second-order valence-electron chi connectivity index (χ2n) is 3.21. The minimum atomic E-state index is -0.908. The van der Waals surface area contributed by atoms with E-state index in [-0.39, 0.29) is 11.7 Å². The summed E-state index contributed by atoms with van der Waals surface area (Å²) in [6.07, 6.45) is 0. The van der Waals surface area contributed by atoms with Crippen molar-refractivity contribution in [2.24, 2.45) is 0 Å². The molecule has 1 aromatic rings. The predicted molar refractivity (Wildman–Crippen MR) is 62.0 cm³/mol. The van der Waals surface area contributed by atoms with Crippen LogP contribution in [0.1, 0.15) is 0 Å². The first kappa shape index (κ1) is 13.9. The van der Waals surface area contributed by atoms with Gasteiger partial charge in [-0.2, -0.15) is 0 Å². The summed E-state index contributed by atoms with van der Waals surface area (Å²) in [5.74, 6) is -1.81. The van der Waals surface area contributed by atoms with Crippen LogP contribution in [-0.2, 0) is 9.53 Å². The first-order chi connectivity index (χ1) is 8.13. The van der Waals surface area contributed by atoms with E-state index in [2.05, 4.69) is 5.32 Å². The van der Waals surface area contributed by atoms with E-state index in [1.54, 1.807) is 7.11 Å². The molecule has 0 saturated heterocycles. The van der Waals surface area contributed by atoms with E-state index in [1.165, 1.54) is 6.07 Å². The highest BCUT2D eigenvalue weighted by Gasteiger charge is 2.05. The van der Waals surface area contributed by atoms with Gasteiger partial charge in [0.2, 0.25) is 5.91 Å². The number of thioether (sulfide) groups is 1. The first-order valence-corrected chi connectivity index (χ1v) is 5.95. The Morgan fingerprint density at radius 2 is 2.18 bits per heavy atom. The Balaban J connectivity index is 2.34. The van der Waals surface area contributed by atoms with Gasteiger partial charge in [0.05, 0.1) is 12.4 Å². The Kier molecular flexibility index (Phi) is 5.93. The molecule has 0 aromatic heterocycles. The largest absolute Gasteiger partial charge is 0.383 e. The zero-order valence-electron chi connectivity index (χ0n) is 9.33. The summed E-state index contributed by atoms with van der Waals surface area (Å²) in [7, 11) is 1.54. The molecule has 17 heavy (non-hydrogen) atoms. The molecule has 3 nitrogen and oxygen atoms in total. The van der Waals surface area contributed by atoms with Gasteiger partial charge in [-0.1, -0.05) is 0 Å². The average Bonchev–Trinajstić information content (AvgIpc) is 2.31. The van der Waals surface area contributed by atoms with Gasteiger partial charge in [0.1, 0.15) is 0 Å². The number of hydrogen-bond donors (Lipinski definition) is 1. The molecule has 0 atom stereocenters. The number of rotatable bonds is 6. The third-order valence-electron chi connectivity index (χ3n) is 1.89. The number of methoxy groups -OCH3 is 1. The van der Waals surface area contributed by atoms with Gasteiger partial charge < -0.3 is 10.1 Å². The minimum absolute atomic E-state index is 0.161. The van der Waals surface area contributed by atoms with Crippen LogP contribution < -0.4 is 5.32 Å². The lowest BCUT2D eigenvalue weighted by molar-refractivity contribution is -0.118. The maximum atomic E-state index is 12.8. The summed E-state index contributed by atoms with van der Waals surface area (Å²) in [5, 5.41) is 2.63. The van der Waals surface area contributed by atoms with Gasteiger partial charge in [-0.05, 0) is 18.2 Å². The quantitative estimate of drug-likeness (QED) is 0.627. The van der Waals surface area contributed by atoms with Crippen molar-refractivity contribution in [1.82, 2.24) is 5.32 Å². The lowest BCUT2D eigenvalue weighted by Gasteiger charge is -2.04. The van der Waals surface area contributed by atoms with E-state index < -0.39 is 11.6 Å². The Hall–Kier alpha value is -1.14. The van der Waals surface area contributed by atoms with Crippen molar-refractivity contribution in [3.05, 3.63) is 29.8 Å². The summed E-state index contributed by atoms with van der Waals surface area (Å²) < 4.78 is 30.2. The lowest BCUT2D eigenvalue weighted by Crippen LogP contribution is -2.28. The molecule has 0 bridgehead atoms. The SMILES string of the molecule is COCCNC(=O)CSc1ccc(F)c(F)c1. The van der Waals surface area contributed by atoms with E-state index >= 15 is 0 Å². The third-order valence-corrected chi connectivity index (χ3v) is 2.88. The number of carbonyl (C=O) groups is 1. The number of carbonyl (C=O) groups excluding carboxylic acids is 1. The Labute approximate surface area is 103 Å². The first-order valence-electron chi connectivity index (χ1n) is 4.97. The van der Waals surface area contributed by atoms with E-state index in [1.807, 2.05) is 0 Å². The topological polar surface area (TPSA) is 38.3 Å². The summed E-state index contributed by atoms with van der Waals surface area (Å²) in [6.45, 7) is 0.884. The van der Waals surface area contributed by atoms with Crippen molar-refractivity contribution in [3.8, 4) is 0 Å². The summed E-state index contributed by atoms with van der Waals surface area (Å²) in [5.41, 5.74) is 0. The van der Waals surface area contributed by atoms with Crippen LogP contribution >= 0.6 is 11.8 Å². The summed E-state index contributed by atoms with van der Waals surface area (Å²) in [4.78, 5) is 11.8. The Morgan fingerprint density at radius 3 is 2.82 bits per heavy atom. The van der Waals surface area contributed by atoms with Crippen LogP contribution in [0.3, 0.4) is 0 Å². The number of nitrogens with one attached hydrogen (secondary N) is 1. The monoisotopic (exact) mass is 261 g/mol. The van der Waals surface area contributed by atoms with Gasteiger partial charge in [-0.15, -0.1) is 11.8 Å². The van der Waals surface area contributed by atoms with Crippen LogP contribution in [-0.4, -0.2) is 31.9 Å². The number of ether oxygens (including phenoxy) is 1. The molecular formula is C11H13F2NO2S. The number of hydrogen-bond acceptors (Lipinski definition) is 3. The molecule has 94 valence electrons. The molecule has 0 fully saturated rings. The highest BCUT2D eigenvalue weighted by atomic mass is 32.2. The van der Waals surface area contributed by atoms with Gasteiger partial charge in [-0.3, -0.25) is 4.79 Å². The number of halogens is 2. The molecule has 0 radical (unpaired) electrons. The van der Waals surface area contributed by atoms with Crippen molar-refractivity contribution in [1.29, 1.82) is 0 Å². The number of amides is 1. The van der Waals surface area contributed by atoms with E-state index in [0.717, 1.165) is 23.9 Å². The van der Waals surface area contributed by atoms with E-state index in [9.17, 15) is 13.6 Å². The van der Waals surface area contributed by atoms with E-state index in [4.69, 9.17) is 4.74 Å². The average molecular weight is 261 g/mol. The van der Waals surface area contributed by atoms with Crippen molar-refractivity contribution in [2.75, 3.05) is 26.0 Å². The maximum Gasteiger partial charge on any atom is 0.230 e. The Bertz CT molecular complexity index is 388. The van der Waals surface area contributed by atoms with Crippen LogP contribution in [0.5, 0.6) is 0 Å². The van der Waals surface area contributed by atoms with Gasteiger partial charge in [-0.25, -0.2) is 8.78 Å². The molecule has 1 N–H and O–H groups in total. The van der Waals surface area contributed by atoms with Gasteiger partial charge in [0.15, 0.2) is 11.6 Å². The normalized spacial score (nSPS) is 10.3. The predicted octanol–water partition coefficient (Wildman–Crippen LogP) is 1.82. The standard InChI is InChI=1S/C11H13F2NO2S/c1-16-5-4-14-11(15)7-17-8-2-3-9(12)10(13)6-8/h2-3,6H,4-5,7H2,1H3,(H,14,15). The Morgan fingerprint density at radius 1 is 1.41 bits per heavy atom. The molecule has 1 amide bonds. The highest BCUT2D eigenvalue weighted by molar-refractivity contribution is 8.00. The van der Waals surface area contributed by atoms with Crippen LogP contribution in [0.2, 0.25) is 0 Å². The molecule has 1 rings (SSSR count). The molecular weight excluding hydrogens is 248 g/mol. The molecule has 0 saturated carbocycles. The molecule has 0 heterocycles. The summed E-state index contributed by atoms with van der Waals surface area (Å²) in [6, 6.07) is 3.55. The minimum Gasteiger partial charge on any atom is -0.383 e. The van der Waals surface area contributed by atoms with Gasteiger partial charge >= 0.3 is 0 Å². The fourth-order valence-corrected chi connectivity index (χ4v) is 1.81. The molecule has 0 aliphatic carbocycles. The highest BCUT2D eigenvalue weighted by Crippen LogP contribution is 2.19. The van der Waals surface area contributed by atoms with Gasteiger partial charge in [0.25, 0.3) is 0 Å². The fourth-order valence-electron chi connectivity index (χ4n) is 1.06. The van der Waals surface area contributed by atoms with Crippen molar-refractivity contribution < 1.29 is 18.3 Å². The molecule has 0 spiro atoms. The van der Waals surface area contributed by atoms with Crippen LogP contribution in [0.25, 0.3) is 0 Å². The van der Waals surface area contributed by atoms with Crippen LogP contribution in [0.4, 0.5) is 8.78 Å². The summed E-state index contributed by atoms with van der Waals surface area (Å²) >= 11 is 1.15. The van der Waals surface area contributed by atoms with Crippen LogP contribution in [0.15, 0.2) is 23.1 Å². The zero-order valence-corrected chi connectivity index (χ0v) is 10.2. The second-order valence-corrected chi connectivity index (χ2v) is 4.26. The van der Waals surface area contributed by atoms with Crippen molar-refractivity contribution in [3.63, 3.8) is 0 Å². The van der Waals surface area contributed by atoms with Crippen molar-refractivity contribution >= 4 is 17.7 Å². The zero-order chi connectivity index (χ0) is 12.7. The lowest BCUT2D eigenvalue weighted by atomic mass is 10.3. The smallest absolute Gasteiger partial charge is 0.230 e. The molecule has 6 heteroatoms. The molecule has 0 unspecified atom stereocenters. The molecule has 0 aliphatic rings. The maximum absolute atomic E-state index is 12.8. The second kappa shape index (κ2) is 7.24. The number of benzene rings is 1. The van der Waals surface area contributed by atoms with Crippen molar-refractivity contribution in [2.45, 2.75) is 4.90 Å². The fraction of sp³-hybridized carbons (Fsp3) is 0.364. The molecule has 0 aliphatic heterocycles. The molecule has 1 aromatic carbocycles. The van der Waals surface area contributed by atoms with Crippen LogP contribution in [0, 0.1) is 11.6 Å².